The van der Waals surface area contributed by atoms with E-state index in [1.165, 1.54) is 12.8 Å². The second-order valence-electron chi connectivity index (χ2n) is 5.85. The summed E-state index contributed by atoms with van der Waals surface area (Å²) in [7, 11) is 0. The topological polar surface area (TPSA) is 70.2 Å². The van der Waals surface area contributed by atoms with Crippen LogP contribution < -0.4 is 16.0 Å². The van der Waals surface area contributed by atoms with Crippen molar-refractivity contribution >= 4 is 17.6 Å². The van der Waals surface area contributed by atoms with Gasteiger partial charge in [-0.3, -0.25) is 4.79 Å². The molecule has 3 amide bonds. The molecule has 3 N–H and O–H groups in total. The molecule has 0 bridgehead atoms. The molecule has 0 unspecified atom stereocenters. The number of hydrogen-bond donors (Lipinski definition) is 3. The molecule has 1 aromatic rings. The number of aryl methyl sites for hydroxylation is 1. The van der Waals surface area contributed by atoms with Gasteiger partial charge in [0.15, 0.2) is 0 Å². The van der Waals surface area contributed by atoms with E-state index in [0.29, 0.717) is 19.0 Å². The van der Waals surface area contributed by atoms with Crippen LogP contribution in [-0.2, 0) is 17.8 Å². The Morgan fingerprint density at radius 2 is 2.05 bits per heavy atom. The zero-order valence-corrected chi connectivity index (χ0v) is 12.1. The SMILES string of the molecule is O=C1CCc2cc(CNC(=O)NC3CCCC3)ccc2N1. The Bertz CT molecular complexity index is 550. The Hall–Kier alpha value is -2.04. The van der Waals surface area contributed by atoms with Gasteiger partial charge in [0, 0.05) is 24.7 Å². The monoisotopic (exact) mass is 287 g/mol. The summed E-state index contributed by atoms with van der Waals surface area (Å²) in [6.07, 6.45) is 5.90. The number of carbonyl (C=O) groups is 2. The Morgan fingerprint density at radius 1 is 1.24 bits per heavy atom. The third kappa shape index (κ3) is 3.54. The van der Waals surface area contributed by atoms with Crippen molar-refractivity contribution in [3.05, 3.63) is 29.3 Å². The molecule has 0 spiro atoms. The Morgan fingerprint density at radius 3 is 2.86 bits per heavy atom. The molecule has 2 aliphatic rings. The fraction of sp³-hybridized carbons (Fsp3) is 0.500. The number of fused-ring (bicyclic) bond motifs is 1. The standard InChI is InChI=1S/C16H21N3O2/c20-15-8-6-12-9-11(5-7-14(12)19-15)10-17-16(21)18-13-3-1-2-4-13/h5,7,9,13H,1-4,6,8,10H2,(H,19,20)(H2,17,18,21). The van der Waals surface area contributed by atoms with E-state index in [2.05, 4.69) is 22.0 Å². The summed E-state index contributed by atoms with van der Waals surface area (Å²) < 4.78 is 0. The summed E-state index contributed by atoms with van der Waals surface area (Å²) in [5, 5.41) is 8.78. The van der Waals surface area contributed by atoms with E-state index < -0.39 is 0 Å². The lowest BCUT2D eigenvalue weighted by atomic mass is 10.0. The summed E-state index contributed by atoms with van der Waals surface area (Å²) in [5.74, 6) is 0.0734. The van der Waals surface area contributed by atoms with E-state index in [9.17, 15) is 9.59 Å². The Balaban J connectivity index is 1.53. The van der Waals surface area contributed by atoms with Crippen LogP contribution >= 0.6 is 0 Å². The normalized spacial score (nSPS) is 18.0. The maximum absolute atomic E-state index is 11.8. The molecule has 3 rings (SSSR count). The summed E-state index contributed by atoms with van der Waals surface area (Å²) in [6, 6.07) is 6.17. The average Bonchev–Trinajstić information content (AvgIpc) is 2.98. The summed E-state index contributed by atoms with van der Waals surface area (Å²) >= 11 is 0. The number of rotatable bonds is 3. The van der Waals surface area contributed by atoms with Crippen LogP contribution in [0.2, 0.25) is 0 Å². The lowest BCUT2D eigenvalue weighted by Crippen LogP contribution is -2.40. The van der Waals surface area contributed by atoms with Gasteiger partial charge in [0.2, 0.25) is 5.91 Å². The summed E-state index contributed by atoms with van der Waals surface area (Å²) in [4.78, 5) is 23.1. The molecule has 1 aromatic carbocycles. The molecule has 1 aliphatic heterocycles. The molecule has 21 heavy (non-hydrogen) atoms. The predicted octanol–water partition coefficient (Wildman–Crippen LogP) is 2.31. The van der Waals surface area contributed by atoms with Gasteiger partial charge in [0.1, 0.15) is 0 Å². The van der Waals surface area contributed by atoms with Gasteiger partial charge in [-0.25, -0.2) is 4.79 Å². The highest BCUT2D eigenvalue weighted by Gasteiger charge is 2.17. The molecule has 0 atom stereocenters. The van der Waals surface area contributed by atoms with Crippen LogP contribution in [0.15, 0.2) is 18.2 Å². The molecule has 1 aliphatic carbocycles. The molecular weight excluding hydrogens is 266 g/mol. The van der Waals surface area contributed by atoms with Crippen LogP contribution in [0, 0.1) is 0 Å². The zero-order chi connectivity index (χ0) is 14.7. The van der Waals surface area contributed by atoms with Gasteiger partial charge in [-0.2, -0.15) is 0 Å². The van der Waals surface area contributed by atoms with Gasteiger partial charge in [-0.05, 0) is 36.5 Å². The van der Waals surface area contributed by atoms with Gasteiger partial charge in [0.05, 0.1) is 0 Å². The fourth-order valence-corrected chi connectivity index (χ4v) is 3.04. The maximum Gasteiger partial charge on any atom is 0.315 e. The number of benzene rings is 1. The van der Waals surface area contributed by atoms with Crippen molar-refractivity contribution in [2.75, 3.05) is 5.32 Å². The Labute approximate surface area is 124 Å². The van der Waals surface area contributed by atoms with Gasteiger partial charge in [-0.1, -0.05) is 25.0 Å². The van der Waals surface area contributed by atoms with E-state index >= 15 is 0 Å². The number of amides is 3. The van der Waals surface area contributed by atoms with Crippen LogP contribution in [0.5, 0.6) is 0 Å². The number of anilines is 1. The molecule has 5 heteroatoms. The first-order valence-corrected chi connectivity index (χ1v) is 7.67. The first-order chi connectivity index (χ1) is 10.2. The number of carbonyl (C=O) groups excluding carboxylic acids is 2. The van der Waals surface area contributed by atoms with Crippen LogP contribution in [0.25, 0.3) is 0 Å². The van der Waals surface area contributed by atoms with Crippen molar-refractivity contribution in [1.29, 1.82) is 0 Å². The van der Waals surface area contributed by atoms with Gasteiger partial charge < -0.3 is 16.0 Å². The molecule has 1 saturated carbocycles. The molecule has 1 fully saturated rings. The van der Waals surface area contributed by atoms with E-state index in [4.69, 9.17) is 0 Å². The van der Waals surface area contributed by atoms with Gasteiger partial charge in [-0.15, -0.1) is 0 Å². The van der Waals surface area contributed by atoms with Crippen molar-refractivity contribution in [1.82, 2.24) is 10.6 Å². The van der Waals surface area contributed by atoms with Crippen molar-refractivity contribution in [3.63, 3.8) is 0 Å². The highest BCUT2D eigenvalue weighted by Crippen LogP contribution is 2.23. The second-order valence-corrected chi connectivity index (χ2v) is 5.85. The molecule has 1 heterocycles. The number of hydrogen-bond acceptors (Lipinski definition) is 2. The zero-order valence-electron chi connectivity index (χ0n) is 12.1. The van der Waals surface area contributed by atoms with Gasteiger partial charge >= 0.3 is 6.03 Å². The average molecular weight is 287 g/mol. The molecule has 112 valence electrons. The van der Waals surface area contributed by atoms with Crippen LogP contribution in [0.3, 0.4) is 0 Å². The molecular formula is C16H21N3O2. The van der Waals surface area contributed by atoms with Gasteiger partial charge in [0.25, 0.3) is 0 Å². The first kappa shape index (κ1) is 13.9. The minimum atomic E-state index is -0.0899. The van der Waals surface area contributed by atoms with Crippen molar-refractivity contribution in [2.24, 2.45) is 0 Å². The lowest BCUT2D eigenvalue weighted by molar-refractivity contribution is -0.116. The summed E-state index contributed by atoms with van der Waals surface area (Å²) in [6.45, 7) is 0.514. The minimum absolute atomic E-state index is 0.0734. The largest absolute Gasteiger partial charge is 0.335 e. The third-order valence-electron chi connectivity index (χ3n) is 4.21. The van der Waals surface area contributed by atoms with Crippen molar-refractivity contribution in [3.8, 4) is 0 Å². The molecule has 0 aromatic heterocycles. The van der Waals surface area contributed by atoms with E-state index in [1.807, 2.05) is 12.1 Å². The van der Waals surface area contributed by atoms with Crippen molar-refractivity contribution in [2.45, 2.75) is 51.1 Å². The van der Waals surface area contributed by atoms with Crippen LogP contribution in [0.1, 0.15) is 43.2 Å². The highest BCUT2D eigenvalue weighted by molar-refractivity contribution is 5.93. The summed E-state index contributed by atoms with van der Waals surface area (Å²) in [5.41, 5.74) is 3.10. The number of nitrogens with one attached hydrogen (secondary N) is 3. The van der Waals surface area contributed by atoms with E-state index in [-0.39, 0.29) is 11.9 Å². The van der Waals surface area contributed by atoms with E-state index in [1.54, 1.807) is 0 Å². The maximum atomic E-state index is 11.8. The number of urea groups is 1. The molecule has 0 saturated heterocycles. The first-order valence-electron chi connectivity index (χ1n) is 7.67. The predicted molar refractivity (Wildman–Crippen MR) is 81.0 cm³/mol. The van der Waals surface area contributed by atoms with E-state index in [0.717, 1.165) is 36.1 Å². The lowest BCUT2D eigenvalue weighted by Gasteiger charge is -2.18. The Kier molecular flexibility index (Phi) is 4.08. The third-order valence-corrected chi connectivity index (χ3v) is 4.21. The highest BCUT2D eigenvalue weighted by atomic mass is 16.2. The second kappa shape index (κ2) is 6.16. The smallest absolute Gasteiger partial charge is 0.315 e. The molecule has 5 nitrogen and oxygen atoms in total. The quantitative estimate of drug-likeness (QED) is 0.798. The fourth-order valence-electron chi connectivity index (χ4n) is 3.04. The molecule has 0 radical (unpaired) electrons. The van der Waals surface area contributed by atoms with Crippen molar-refractivity contribution < 1.29 is 9.59 Å². The van der Waals surface area contributed by atoms with Crippen LogP contribution in [0.4, 0.5) is 10.5 Å². The minimum Gasteiger partial charge on any atom is -0.335 e. The van der Waals surface area contributed by atoms with Crippen LogP contribution in [-0.4, -0.2) is 18.0 Å².